The van der Waals surface area contributed by atoms with Crippen LogP contribution in [0.4, 0.5) is 11.6 Å². The lowest BCUT2D eigenvalue weighted by atomic mass is 9.96. The number of ether oxygens (including phenoxy) is 1. The molecule has 1 amide bonds. The summed E-state index contributed by atoms with van der Waals surface area (Å²) in [5.74, 6) is 1.09. The number of rotatable bonds is 9. The number of aromatic nitrogens is 3. The van der Waals surface area contributed by atoms with Crippen LogP contribution in [0.5, 0.6) is 5.75 Å². The van der Waals surface area contributed by atoms with Crippen LogP contribution in [0.25, 0.3) is 11.0 Å². The number of hydrogen-bond acceptors (Lipinski definition) is 8. The minimum absolute atomic E-state index is 0.0250. The van der Waals surface area contributed by atoms with Gasteiger partial charge >= 0.3 is 0 Å². The van der Waals surface area contributed by atoms with Gasteiger partial charge in [0.2, 0.25) is 5.91 Å². The molecule has 0 bridgehead atoms. The zero-order valence-electron chi connectivity index (χ0n) is 20.2. The number of aryl methyl sites for hydroxylation is 1. The molecule has 0 unspecified atom stereocenters. The number of nitrogens with one attached hydrogen (secondary N) is 2. The molecule has 4 aromatic rings. The van der Waals surface area contributed by atoms with Crippen LogP contribution in [0.2, 0.25) is 0 Å². The van der Waals surface area contributed by atoms with Crippen LogP contribution >= 0.6 is 0 Å². The molecule has 0 saturated heterocycles. The van der Waals surface area contributed by atoms with Crippen LogP contribution in [-0.4, -0.2) is 34.3 Å². The van der Waals surface area contributed by atoms with Gasteiger partial charge < -0.3 is 25.6 Å². The molecule has 1 fully saturated rings. The third-order valence-electron chi connectivity index (χ3n) is 6.76. The van der Waals surface area contributed by atoms with Crippen LogP contribution < -0.4 is 26.7 Å². The maximum absolute atomic E-state index is 13.1. The van der Waals surface area contributed by atoms with Gasteiger partial charge in [-0.3, -0.25) is 14.2 Å². The standard InChI is InChI=1S/C26H28N6O4/c1-16-12-29-24(30-15-26(9-10-26)18-4-6-19(35-2)7-5-18)25(34)32(16)14-22(33)28-13-17-3-8-20-21(11-17)36-31-23(20)27/h3-8,11-12H,9-10,13-15H2,1-2H3,(H2,27,31)(H,28,33)(H,29,30). The van der Waals surface area contributed by atoms with Crippen molar-refractivity contribution in [3.05, 3.63) is 75.8 Å². The van der Waals surface area contributed by atoms with Crippen molar-refractivity contribution >= 4 is 28.5 Å². The Labute approximate surface area is 207 Å². The molecule has 1 saturated carbocycles. The highest BCUT2D eigenvalue weighted by Gasteiger charge is 2.44. The maximum atomic E-state index is 13.1. The van der Waals surface area contributed by atoms with E-state index in [2.05, 4.69) is 32.9 Å². The Morgan fingerprint density at radius 3 is 2.72 bits per heavy atom. The van der Waals surface area contributed by atoms with Crippen molar-refractivity contribution in [1.29, 1.82) is 0 Å². The number of nitrogens with zero attached hydrogens (tertiary/aromatic N) is 3. The topological polar surface area (TPSA) is 137 Å². The summed E-state index contributed by atoms with van der Waals surface area (Å²) in [5.41, 5.74) is 8.59. The second-order valence-corrected chi connectivity index (χ2v) is 9.18. The maximum Gasteiger partial charge on any atom is 0.293 e. The molecule has 1 aliphatic rings. The number of amides is 1. The van der Waals surface area contributed by atoms with Crippen molar-refractivity contribution in [3.63, 3.8) is 0 Å². The molecule has 5 rings (SSSR count). The van der Waals surface area contributed by atoms with E-state index in [4.69, 9.17) is 15.0 Å². The molecular weight excluding hydrogens is 460 g/mol. The van der Waals surface area contributed by atoms with Gasteiger partial charge in [-0.25, -0.2) is 4.98 Å². The lowest BCUT2D eigenvalue weighted by Gasteiger charge is -2.18. The van der Waals surface area contributed by atoms with E-state index in [9.17, 15) is 9.59 Å². The molecule has 10 nitrogen and oxygen atoms in total. The third-order valence-corrected chi connectivity index (χ3v) is 6.76. The van der Waals surface area contributed by atoms with Crippen LogP contribution in [0, 0.1) is 6.92 Å². The number of benzene rings is 2. The second-order valence-electron chi connectivity index (χ2n) is 9.18. The Morgan fingerprint density at radius 1 is 1.22 bits per heavy atom. The number of fused-ring (bicyclic) bond motifs is 1. The number of carbonyl (C=O) groups is 1. The fraction of sp³-hybridized carbons (Fsp3) is 0.308. The van der Waals surface area contributed by atoms with Gasteiger partial charge in [0.15, 0.2) is 17.2 Å². The average Bonchev–Trinajstić information content (AvgIpc) is 3.60. The van der Waals surface area contributed by atoms with E-state index in [1.165, 1.54) is 10.1 Å². The molecule has 0 aliphatic heterocycles. The summed E-state index contributed by atoms with van der Waals surface area (Å²) in [7, 11) is 1.64. The van der Waals surface area contributed by atoms with Crippen LogP contribution in [0.1, 0.15) is 29.7 Å². The van der Waals surface area contributed by atoms with Crippen molar-refractivity contribution in [3.8, 4) is 5.75 Å². The van der Waals surface area contributed by atoms with Crippen molar-refractivity contribution in [2.24, 2.45) is 0 Å². The van der Waals surface area contributed by atoms with Crippen molar-refractivity contribution in [2.75, 3.05) is 24.7 Å². The van der Waals surface area contributed by atoms with Gasteiger partial charge in [-0.1, -0.05) is 23.4 Å². The first-order valence-electron chi connectivity index (χ1n) is 11.7. The van der Waals surface area contributed by atoms with Gasteiger partial charge in [-0.05, 0) is 55.2 Å². The zero-order chi connectivity index (χ0) is 25.3. The molecule has 1 aliphatic carbocycles. The minimum atomic E-state index is -0.325. The normalized spacial score (nSPS) is 13.9. The van der Waals surface area contributed by atoms with Gasteiger partial charge in [-0.15, -0.1) is 0 Å². The molecule has 2 aromatic carbocycles. The summed E-state index contributed by atoms with van der Waals surface area (Å²) in [5, 5.41) is 10.5. The van der Waals surface area contributed by atoms with Crippen LogP contribution in [0.3, 0.4) is 0 Å². The van der Waals surface area contributed by atoms with E-state index >= 15 is 0 Å². The number of hydrogen-bond donors (Lipinski definition) is 3. The number of nitrogen functional groups attached to an aromatic ring is 1. The minimum Gasteiger partial charge on any atom is -0.497 e. The highest BCUT2D eigenvalue weighted by atomic mass is 16.5. The Morgan fingerprint density at radius 2 is 2.00 bits per heavy atom. The summed E-state index contributed by atoms with van der Waals surface area (Å²) in [6.07, 6.45) is 3.66. The Balaban J connectivity index is 1.23. The predicted octanol–water partition coefficient (Wildman–Crippen LogP) is 2.74. The Hall–Kier alpha value is -4.34. The summed E-state index contributed by atoms with van der Waals surface area (Å²) in [6.45, 7) is 2.52. The number of nitrogens with two attached hydrogens (primary N) is 1. The molecule has 36 heavy (non-hydrogen) atoms. The molecule has 4 N–H and O–H groups in total. The average molecular weight is 489 g/mol. The number of carbonyl (C=O) groups excluding carboxylic acids is 1. The first-order valence-corrected chi connectivity index (χ1v) is 11.7. The monoisotopic (exact) mass is 488 g/mol. The van der Waals surface area contributed by atoms with Crippen molar-refractivity contribution in [1.82, 2.24) is 20.0 Å². The quantitative estimate of drug-likeness (QED) is 0.327. The van der Waals surface area contributed by atoms with Gasteiger partial charge in [0.1, 0.15) is 12.3 Å². The molecule has 0 radical (unpaired) electrons. The molecule has 186 valence electrons. The van der Waals surface area contributed by atoms with Crippen molar-refractivity contribution < 1.29 is 14.1 Å². The van der Waals surface area contributed by atoms with Gasteiger partial charge in [-0.2, -0.15) is 0 Å². The first-order chi connectivity index (χ1) is 17.4. The highest BCUT2D eigenvalue weighted by Crippen LogP contribution is 2.48. The lowest BCUT2D eigenvalue weighted by molar-refractivity contribution is -0.121. The number of anilines is 2. The summed E-state index contributed by atoms with van der Waals surface area (Å²) in [4.78, 5) is 30.1. The van der Waals surface area contributed by atoms with E-state index in [0.29, 0.717) is 23.6 Å². The predicted molar refractivity (Wildman–Crippen MR) is 136 cm³/mol. The third kappa shape index (κ3) is 4.61. The highest BCUT2D eigenvalue weighted by molar-refractivity contribution is 5.87. The Bertz CT molecular complexity index is 1470. The number of methoxy groups -OCH3 is 1. The summed E-state index contributed by atoms with van der Waals surface area (Å²) in [6, 6.07) is 13.5. The van der Waals surface area contributed by atoms with Crippen LogP contribution in [0.15, 0.2) is 58.0 Å². The summed E-state index contributed by atoms with van der Waals surface area (Å²) >= 11 is 0. The van der Waals surface area contributed by atoms with Crippen LogP contribution in [-0.2, 0) is 23.3 Å². The van der Waals surface area contributed by atoms with Crippen molar-refractivity contribution in [2.45, 2.75) is 38.3 Å². The van der Waals surface area contributed by atoms with E-state index < -0.39 is 0 Å². The molecule has 2 heterocycles. The largest absolute Gasteiger partial charge is 0.497 e. The molecule has 10 heteroatoms. The second kappa shape index (κ2) is 9.37. The van der Waals surface area contributed by atoms with E-state index in [1.54, 1.807) is 32.4 Å². The fourth-order valence-electron chi connectivity index (χ4n) is 4.32. The first kappa shape index (κ1) is 23.4. The van der Waals surface area contributed by atoms with E-state index in [-0.39, 0.29) is 35.8 Å². The lowest BCUT2D eigenvalue weighted by Crippen LogP contribution is -2.35. The van der Waals surface area contributed by atoms with Gasteiger partial charge in [0.05, 0.1) is 12.5 Å². The van der Waals surface area contributed by atoms with Gasteiger partial charge in [0, 0.05) is 30.4 Å². The molecule has 0 atom stereocenters. The van der Waals surface area contributed by atoms with Gasteiger partial charge in [0.25, 0.3) is 5.56 Å². The fourth-order valence-corrected chi connectivity index (χ4v) is 4.32. The van der Waals surface area contributed by atoms with E-state index in [0.717, 1.165) is 29.5 Å². The molecule has 0 spiro atoms. The molecule has 2 aromatic heterocycles. The Kier molecular flexibility index (Phi) is 6.09. The molecular formula is C26H28N6O4. The van der Waals surface area contributed by atoms with E-state index in [1.807, 2.05) is 18.2 Å². The summed E-state index contributed by atoms with van der Waals surface area (Å²) < 4.78 is 11.9. The zero-order valence-corrected chi connectivity index (χ0v) is 20.2. The SMILES string of the molecule is COc1ccc(C2(CNc3ncc(C)n(CC(=O)NCc4ccc5c(N)noc5c4)c3=O)CC2)cc1. The smallest absolute Gasteiger partial charge is 0.293 e.